The largest absolute Gasteiger partial charge is 0.491 e. The second-order valence-corrected chi connectivity index (χ2v) is 3.98. The van der Waals surface area contributed by atoms with E-state index in [0.717, 1.165) is 0 Å². The van der Waals surface area contributed by atoms with Crippen LogP contribution in [0.1, 0.15) is 6.42 Å². The highest BCUT2D eigenvalue weighted by atomic mass is 35.5. The van der Waals surface area contributed by atoms with Crippen LogP contribution >= 0.6 is 11.6 Å². The zero-order chi connectivity index (χ0) is 12.1. The van der Waals surface area contributed by atoms with E-state index in [2.05, 4.69) is 0 Å². The fourth-order valence-electron chi connectivity index (χ4n) is 1.10. The summed E-state index contributed by atoms with van der Waals surface area (Å²) in [7, 11) is 3.41. The molecule has 0 bridgehead atoms. The van der Waals surface area contributed by atoms with Gasteiger partial charge in [0.05, 0.1) is 18.1 Å². The Balaban J connectivity index is 2.49. The predicted octanol–water partition coefficient (Wildman–Crippen LogP) is 1.78. The van der Waals surface area contributed by atoms with Crippen molar-refractivity contribution in [3.63, 3.8) is 0 Å². The number of hydrogen-bond acceptors (Lipinski definition) is 3. The highest BCUT2D eigenvalue weighted by Gasteiger charge is 2.06. The van der Waals surface area contributed by atoms with Crippen molar-refractivity contribution in [2.75, 3.05) is 26.4 Å². The van der Waals surface area contributed by atoms with Crippen molar-refractivity contribution in [3.8, 4) is 5.75 Å². The number of rotatable bonds is 4. The van der Waals surface area contributed by atoms with Crippen LogP contribution in [0.4, 0.5) is 5.69 Å². The number of anilines is 1. The maximum Gasteiger partial charge on any atom is 0.225 e. The third kappa shape index (κ3) is 3.62. The second-order valence-electron chi connectivity index (χ2n) is 3.58. The third-order valence-electron chi connectivity index (χ3n) is 2.03. The summed E-state index contributed by atoms with van der Waals surface area (Å²) in [6.45, 7) is 0.292. The van der Waals surface area contributed by atoms with Crippen molar-refractivity contribution >= 4 is 23.2 Å². The first kappa shape index (κ1) is 12.6. The molecule has 1 rings (SSSR count). The predicted molar refractivity (Wildman–Crippen MR) is 64.7 cm³/mol. The lowest BCUT2D eigenvalue weighted by Gasteiger charge is -2.11. The van der Waals surface area contributed by atoms with Crippen molar-refractivity contribution in [3.05, 3.63) is 23.2 Å². The summed E-state index contributed by atoms with van der Waals surface area (Å²) in [6, 6.07) is 5.00. The summed E-state index contributed by atoms with van der Waals surface area (Å²) in [4.78, 5) is 12.8. The molecular formula is C11H15ClN2O2. The smallest absolute Gasteiger partial charge is 0.225 e. The minimum absolute atomic E-state index is 0.0139. The molecule has 1 aromatic rings. The molecular weight excluding hydrogens is 228 g/mol. The molecule has 0 aromatic heterocycles. The molecule has 0 spiro atoms. The highest BCUT2D eigenvalue weighted by molar-refractivity contribution is 6.32. The summed E-state index contributed by atoms with van der Waals surface area (Å²) >= 11 is 5.90. The summed E-state index contributed by atoms with van der Waals surface area (Å²) in [5, 5.41) is 0.492. The first-order valence-corrected chi connectivity index (χ1v) is 5.26. The number of benzene rings is 1. The van der Waals surface area contributed by atoms with Crippen molar-refractivity contribution in [1.29, 1.82) is 0 Å². The monoisotopic (exact) mass is 242 g/mol. The molecule has 0 aliphatic rings. The molecule has 0 radical (unpaired) electrons. The Labute approximate surface area is 99.9 Å². The van der Waals surface area contributed by atoms with E-state index in [1.54, 1.807) is 32.3 Å². The van der Waals surface area contributed by atoms with Gasteiger partial charge in [-0.05, 0) is 12.1 Å². The Hall–Kier alpha value is -1.42. The standard InChI is InChI=1S/C11H15ClN2O2/c1-14(2)11(15)5-6-16-10-7-8(13)3-4-9(10)12/h3-4,7H,5-6,13H2,1-2H3. The summed E-state index contributed by atoms with van der Waals surface area (Å²) in [6.07, 6.45) is 0.318. The van der Waals surface area contributed by atoms with Gasteiger partial charge in [-0.25, -0.2) is 0 Å². The van der Waals surface area contributed by atoms with Crippen LogP contribution < -0.4 is 10.5 Å². The SMILES string of the molecule is CN(C)C(=O)CCOc1cc(N)ccc1Cl. The summed E-state index contributed by atoms with van der Waals surface area (Å²) in [5.74, 6) is 0.522. The maximum atomic E-state index is 11.3. The van der Waals surface area contributed by atoms with Crippen LogP contribution in [0, 0.1) is 0 Å². The van der Waals surface area contributed by atoms with E-state index in [-0.39, 0.29) is 5.91 Å². The Morgan fingerprint density at radius 3 is 2.81 bits per heavy atom. The summed E-state index contributed by atoms with van der Waals surface area (Å²) < 4.78 is 5.38. The zero-order valence-corrected chi connectivity index (χ0v) is 10.1. The van der Waals surface area contributed by atoms with Crippen molar-refractivity contribution < 1.29 is 9.53 Å². The van der Waals surface area contributed by atoms with E-state index in [4.69, 9.17) is 22.1 Å². The number of ether oxygens (including phenoxy) is 1. The number of hydrogen-bond donors (Lipinski definition) is 1. The molecule has 5 heteroatoms. The van der Waals surface area contributed by atoms with Gasteiger partial charge in [0, 0.05) is 25.8 Å². The molecule has 0 fully saturated rings. The number of carbonyl (C=O) groups excluding carboxylic acids is 1. The lowest BCUT2D eigenvalue weighted by Crippen LogP contribution is -2.23. The summed E-state index contributed by atoms with van der Waals surface area (Å²) in [5.41, 5.74) is 6.18. The molecule has 0 saturated heterocycles. The van der Waals surface area contributed by atoms with Crippen LogP contribution in [0.5, 0.6) is 5.75 Å². The van der Waals surface area contributed by atoms with Crippen molar-refractivity contribution in [2.24, 2.45) is 0 Å². The van der Waals surface area contributed by atoms with Crippen LogP contribution in [0.25, 0.3) is 0 Å². The number of halogens is 1. The fraction of sp³-hybridized carbons (Fsp3) is 0.364. The Morgan fingerprint density at radius 1 is 1.50 bits per heavy atom. The molecule has 0 atom stereocenters. The van der Waals surface area contributed by atoms with E-state index in [9.17, 15) is 4.79 Å². The average molecular weight is 243 g/mol. The van der Waals surface area contributed by atoms with Crippen LogP contribution in [-0.4, -0.2) is 31.5 Å². The van der Waals surface area contributed by atoms with Crippen molar-refractivity contribution in [1.82, 2.24) is 4.90 Å². The number of carbonyl (C=O) groups is 1. The molecule has 0 aliphatic heterocycles. The van der Waals surface area contributed by atoms with Crippen LogP contribution in [0.3, 0.4) is 0 Å². The number of nitrogens with two attached hydrogens (primary N) is 1. The molecule has 1 aromatic carbocycles. The molecule has 2 N–H and O–H groups in total. The first-order valence-electron chi connectivity index (χ1n) is 4.88. The minimum atomic E-state index is 0.0139. The van der Waals surface area contributed by atoms with E-state index in [1.165, 1.54) is 4.90 Å². The van der Waals surface area contributed by atoms with Gasteiger partial charge in [0.15, 0.2) is 0 Å². The zero-order valence-electron chi connectivity index (χ0n) is 9.37. The third-order valence-corrected chi connectivity index (χ3v) is 2.34. The van der Waals surface area contributed by atoms with Gasteiger partial charge in [0.25, 0.3) is 0 Å². The Bertz CT molecular complexity index is 380. The van der Waals surface area contributed by atoms with Crippen molar-refractivity contribution in [2.45, 2.75) is 6.42 Å². The average Bonchev–Trinajstić information content (AvgIpc) is 2.22. The van der Waals surface area contributed by atoms with Gasteiger partial charge < -0.3 is 15.4 Å². The van der Waals surface area contributed by atoms with Crippen LogP contribution in [0.2, 0.25) is 5.02 Å². The Kier molecular flexibility index (Phi) is 4.43. The van der Waals surface area contributed by atoms with E-state index in [0.29, 0.717) is 29.5 Å². The molecule has 4 nitrogen and oxygen atoms in total. The topological polar surface area (TPSA) is 55.6 Å². The molecule has 1 amide bonds. The lowest BCUT2D eigenvalue weighted by atomic mass is 10.3. The van der Waals surface area contributed by atoms with E-state index in [1.807, 2.05) is 0 Å². The fourth-order valence-corrected chi connectivity index (χ4v) is 1.27. The normalized spacial score (nSPS) is 9.94. The van der Waals surface area contributed by atoms with Gasteiger partial charge in [-0.15, -0.1) is 0 Å². The number of amides is 1. The van der Waals surface area contributed by atoms with Gasteiger partial charge in [-0.2, -0.15) is 0 Å². The molecule has 16 heavy (non-hydrogen) atoms. The highest BCUT2D eigenvalue weighted by Crippen LogP contribution is 2.26. The lowest BCUT2D eigenvalue weighted by molar-refractivity contribution is -0.129. The van der Waals surface area contributed by atoms with E-state index < -0.39 is 0 Å². The molecule has 0 saturated carbocycles. The van der Waals surface area contributed by atoms with Gasteiger partial charge >= 0.3 is 0 Å². The Morgan fingerprint density at radius 2 is 2.19 bits per heavy atom. The first-order chi connectivity index (χ1) is 7.50. The second kappa shape index (κ2) is 5.61. The van der Waals surface area contributed by atoms with E-state index >= 15 is 0 Å². The quantitative estimate of drug-likeness (QED) is 0.819. The number of nitrogen functional groups attached to an aromatic ring is 1. The molecule has 0 unspecified atom stereocenters. The molecule has 88 valence electrons. The van der Waals surface area contributed by atoms with Crippen LogP contribution in [-0.2, 0) is 4.79 Å². The van der Waals surface area contributed by atoms with Gasteiger partial charge in [-0.1, -0.05) is 11.6 Å². The van der Waals surface area contributed by atoms with Gasteiger partial charge in [-0.3, -0.25) is 4.79 Å². The molecule has 0 heterocycles. The van der Waals surface area contributed by atoms with Gasteiger partial charge in [0.2, 0.25) is 5.91 Å². The number of nitrogens with zero attached hydrogens (tertiary/aromatic N) is 1. The minimum Gasteiger partial charge on any atom is -0.491 e. The van der Waals surface area contributed by atoms with Crippen LogP contribution in [0.15, 0.2) is 18.2 Å². The molecule has 0 aliphatic carbocycles. The van der Waals surface area contributed by atoms with Gasteiger partial charge in [0.1, 0.15) is 5.75 Å². The maximum absolute atomic E-state index is 11.3.